The summed E-state index contributed by atoms with van der Waals surface area (Å²) in [5.74, 6) is 5.84. The quantitative estimate of drug-likeness (QED) is 0.511. The lowest BCUT2D eigenvalue weighted by Gasteiger charge is -1.73. The van der Waals surface area contributed by atoms with Crippen molar-refractivity contribution in [2.75, 3.05) is 0 Å². The van der Waals surface area contributed by atoms with Gasteiger partial charge >= 0.3 is 0 Å². The van der Waals surface area contributed by atoms with Gasteiger partial charge in [-0.25, -0.2) is 0 Å². The third-order valence-electron chi connectivity index (χ3n) is 0.901. The van der Waals surface area contributed by atoms with Crippen molar-refractivity contribution in [3.05, 3.63) is 18.0 Å². The lowest BCUT2D eigenvalue weighted by Crippen LogP contribution is -1.71. The number of aromatic nitrogens is 2. The molecule has 0 radical (unpaired) electrons. The number of aromatic amines is 1. The average Bonchev–Trinajstić information content (AvgIpc) is 2.34. The van der Waals surface area contributed by atoms with Gasteiger partial charge in [0.15, 0.2) is 0 Å². The maximum atomic E-state index is 3.75. The fraction of sp³-hybridized carbons (Fsp3) is 0.286. The molecule has 0 aliphatic rings. The number of hydrogen-bond acceptors (Lipinski definition) is 1. The molecule has 1 rings (SSSR count). The number of rotatable bonds is 0. The van der Waals surface area contributed by atoms with Gasteiger partial charge in [0.25, 0.3) is 0 Å². The number of nitrogens with one attached hydrogen (secondary N) is 1. The van der Waals surface area contributed by atoms with Crippen molar-refractivity contribution in [3.63, 3.8) is 0 Å². The van der Waals surface area contributed by atoms with Crippen molar-refractivity contribution in [1.82, 2.24) is 10.2 Å². The average molecular weight is 120 g/mol. The second kappa shape index (κ2) is 2.93. The van der Waals surface area contributed by atoms with E-state index in [0.717, 1.165) is 12.1 Å². The SMILES string of the molecule is CCC#Cc1ccn[nH]1. The number of hydrogen-bond donors (Lipinski definition) is 1. The number of nitrogens with zero attached hydrogens (tertiary/aromatic N) is 1. The molecule has 0 saturated heterocycles. The zero-order chi connectivity index (χ0) is 6.53. The van der Waals surface area contributed by atoms with Gasteiger partial charge in [-0.05, 0) is 12.0 Å². The summed E-state index contributed by atoms with van der Waals surface area (Å²) in [5.41, 5.74) is 0.886. The summed E-state index contributed by atoms with van der Waals surface area (Å²) in [5, 5.41) is 6.50. The van der Waals surface area contributed by atoms with Crippen molar-refractivity contribution in [3.8, 4) is 11.8 Å². The molecular formula is C7H8N2. The van der Waals surface area contributed by atoms with Crippen LogP contribution in [-0.2, 0) is 0 Å². The topological polar surface area (TPSA) is 28.7 Å². The predicted octanol–water partition coefficient (Wildman–Crippen LogP) is 1.17. The summed E-state index contributed by atoms with van der Waals surface area (Å²) >= 11 is 0. The van der Waals surface area contributed by atoms with E-state index in [0.29, 0.717) is 0 Å². The maximum Gasteiger partial charge on any atom is 0.107 e. The van der Waals surface area contributed by atoms with E-state index in [1.807, 2.05) is 13.0 Å². The minimum atomic E-state index is 0.886. The summed E-state index contributed by atoms with van der Waals surface area (Å²) < 4.78 is 0. The second-order valence-electron chi connectivity index (χ2n) is 1.63. The molecule has 0 atom stereocenters. The lowest BCUT2D eigenvalue weighted by molar-refractivity contribution is 1.08. The van der Waals surface area contributed by atoms with Crippen LogP contribution in [0.5, 0.6) is 0 Å². The van der Waals surface area contributed by atoms with E-state index < -0.39 is 0 Å². The Morgan fingerprint density at radius 1 is 1.78 bits per heavy atom. The molecule has 9 heavy (non-hydrogen) atoms. The van der Waals surface area contributed by atoms with Crippen LogP contribution in [0.4, 0.5) is 0 Å². The van der Waals surface area contributed by atoms with E-state index in [2.05, 4.69) is 22.0 Å². The molecular weight excluding hydrogens is 112 g/mol. The van der Waals surface area contributed by atoms with Crippen LogP contribution >= 0.6 is 0 Å². The van der Waals surface area contributed by atoms with Crippen LogP contribution in [0.15, 0.2) is 12.3 Å². The zero-order valence-electron chi connectivity index (χ0n) is 5.31. The normalized spacial score (nSPS) is 8.11. The lowest BCUT2D eigenvalue weighted by atomic mass is 10.4. The van der Waals surface area contributed by atoms with Gasteiger partial charge in [0.2, 0.25) is 0 Å². The molecule has 0 bridgehead atoms. The van der Waals surface area contributed by atoms with Gasteiger partial charge in [0, 0.05) is 12.6 Å². The zero-order valence-corrected chi connectivity index (χ0v) is 5.31. The van der Waals surface area contributed by atoms with Gasteiger partial charge < -0.3 is 0 Å². The van der Waals surface area contributed by atoms with Crippen LogP contribution in [0.2, 0.25) is 0 Å². The van der Waals surface area contributed by atoms with Gasteiger partial charge in [-0.1, -0.05) is 12.8 Å². The largest absolute Gasteiger partial charge is 0.270 e. The van der Waals surface area contributed by atoms with Crippen molar-refractivity contribution in [1.29, 1.82) is 0 Å². The van der Waals surface area contributed by atoms with Gasteiger partial charge in [0.1, 0.15) is 5.69 Å². The van der Waals surface area contributed by atoms with Crippen molar-refractivity contribution < 1.29 is 0 Å². The molecule has 0 spiro atoms. The van der Waals surface area contributed by atoms with Gasteiger partial charge in [-0.2, -0.15) is 5.10 Å². The fourth-order valence-electron chi connectivity index (χ4n) is 0.509. The van der Waals surface area contributed by atoms with Gasteiger partial charge in [0.05, 0.1) is 0 Å². The van der Waals surface area contributed by atoms with Crippen molar-refractivity contribution in [2.45, 2.75) is 13.3 Å². The Morgan fingerprint density at radius 3 is 3.22 bits per heavy atom. The fourth-order valence-corrected chi connectivity index (χ4v) is 0.509. The van der Waals surface area contributed by atoms with E-state index in [9.17, 15) is 0 Å². The molecule has 0 aliphatic carbocycles. The smallest absolute Gasteiger partial charge is 0.107 e. The molecule has 0 amide bonds. The van der Waals surface area contributed by atoms with Gasteiger partial charge in [-0.15, -0.1) is 0 Å². The Kier molecular flexibility index (Phi) is 1.92. The Bertz CT molecular complexity index is 213. The minimum Gasteiger partial charge on any atom is -0.270 e. The summed E-state index contributed by atoms with van der Waals surface area (Å²) in [7, 11) is 0. The first-order valence-electron chi connectivity index (χ1n) is 2.91. The second-order valence-corrected chi connectivity index (χ2v) is 1.63. The van der Waals surface area contributed by atoms with Crippen LogP contribution in [-0.4, -0.2) is 10.2 Å². The third-order valence-corrected chi connectivity index (χ3v) is 0.901. The first-order valence-corrected chi connectivity index (χ1v) is 2.91. The first-order chi connectivity index (χ1) is 4.43. The highest BCUT2D eigenvalue weighted by Crippen LogP contribution is 1.85. The third kappa shape index (κ3) is 1.61. The molecule has 0 fully saturated rings. The van der Waals surface area contributed by atoms with Crippen molar-refractivity contribution in [2.24, 2.45) is 0 Å². The van der Waals surface area contributed by atoms with Crippen molar-refractivity contribution >= 4 is 0 Å². The summed E-state index contributed by atoms with van der Waals surface area (Å²) in [6.07, 6.45) is 2.58. The molecule has 0 unspecified atom stereocenters. The molecule has 2 nitrogen and oxygen atoms in total. The standard InChI is InChI=1S/C7H8N2/c1-2-3-4-7-5-6-8-9-7/h5-6H,2H2,1H3,(H,8,9). The van der Waals surface area contributed by atoms with E-state index in [1.165, 1.54) is 0 Å². The van der Waals surface area contributed by atoms with Gasteiger partial charge in [-0.3, -0.25) is 5.10 Å². The van der Waals surface area contributed by atoms with Crippen LogP contribution in [0.25, 0.3) is 0 Å². The molecule has 1 aromatic rings. The number of H-pyrrole nitrogens is 1. The minimum absolute atomic E-state index is 0.886. The molecule has 2 heteroatoms. The first kappa shape index (κ1) is 5.90. The van der Waals surface area contributed by atoms with Crippen LogP contribution in [0.3, 0.4) is 0 Å². The summed E-state index contributed by atoms with van der Waals surface area (Å²) in [4.78, 5) is 0. The molecule has 0 aromatic carbocycles. The highest BCUT2D eigenvalue weighted by atomic mass is 15.1. The summed E-state index contributed by atoms with van der Waals surface area (Å²) in [6, 6.07) is 1.85. The highest BCUT2D eigenvalue weighted by molar-refractivity contribution is 5.24. The molecule has 46 valence electrons. The van der Waals surface area contributed by atoms with E-state index >= 15 is 0 Å². The Hall–Kier alpha value is -1.23. The van der Waals surface area contributed by atoms with Crippen LogP contribution in [0, 0.1) is 11.8 Å². The maximum absolute atomic E-state index is 3.75. The van der Waals surface area contributed by atoms with E-state index in [4.69, 9.17) is 0 Å². The monoisotopic (exact) mass is 120 g/mol. The van der Waals surface area contributed by atoms with E-state index in [1.54, 1.807) is 6.20 Å². The molecule has 0 saturated carbocycles. The molecule has 1 N–H and O–H groups in total. The highest BCUT2D eigenvalue weighted by Gasteiger charge is 1.80. The van der Waals surface area contributed by atoms with Crippen LogP contribution < -0.4 is 0 Å². The Labute approximate surface area is 54.3 Å². The Balaban J connectivity index is 2.67. The molecule has 1 heterocycles. The van der Waals surface area contributed by atoms with Crippen LogP contribution in [0.1, 0.15) is 19.0 Å². The Morgan fingerprint density at radius 2 is 2.67 bits per heavy atom. The summed E-state index contributed by atoms with van der Waals surface area (Å²) in [6.45, 7) is 2.02. The predicted molar refractivity (Wildman–Crippen MR) is 35.8 cm³/mol. The van der Waals surface area contributed by atoms with E-state index in [-0.39, 0.29) is 0 Å². The molecule has 1 aromatic heterocycles. The molecule has 0 aliphatic heterocycles.